The number of oxime groups is 1. The molecule has 0 aromatic carbocycles. The fraction of sp³-hybridized carbons (Fsp3) is 0.111. The molecule has 0 radical (unpaired) electrons. The summed E-state index contributed by atoms with van der Waals surface area (Å²) in [5.41, 5.74) is 5.96. The number of pyridine rings is 1. The Morgan fingerprint density at radius 1 is 1.53 bits per heavy atom. The second-order valence-corrected chi connectivity index (χ2v) is 4.11. The highest BCUT2D eigenvalue weighted by Gasteiger charge is 2.11. The topological polar surface area (TPSA) is 102 Å². The number of aromatic nitrogens is 4. The van der Waals surface area contributed by atoms with Crippen molar-refractivity contribution in [3.05, 3.63) is 30.4 Å². The molecule has 2 aromatic rings. The summed E-state index contributed by atoms with van der Waals surface area (Å²) in [5, 5.41) is 16.3. The summed E-state index contributed by atoms with van der Waals surface area (Å²) in [5.74, 6) is -0.0322. The van der Waals surface area contributed by atoms with Gasteiger partial charge in [0.2, 0.25) is 0 Å². The third-order valence-corrected chi connectivity index (χ3v) is 3.09. The highest BCUT2D eigenvalue weighted by Crippen LogP contribution is 2.27. The Labute approximate surface area is 101 Å². The summed E-state index contributed by atoms with van der Waals surface area (Å²) in [4.78, 5) is 8.90. The molecule has 0 aliphatic heterocycles. The van der Waals surface area contributed by atoms with Crippen LogP contribution < -0.4 is 5.73 Å². The molecule has 17 heavy (non-hydrogen) atoms. The molecule has 2 rings (SSSR count). The van der Waals surface area contributed by atoms with Crippen LogP contribution in [0.2, 0.25) is 0 Å². The third kappa shape index (κ3) is 2.36. The van der Waals surface area contributed by atoms with Gasteiger partial charge in [0, 0.05) is 18.1 Å². The maximum absolute atomic E-state index is 8.67. The minimum Gasteiger partial charge on any atom is -0.409 e. The lowest BCUT2D eigenvalue weighted by atomic mass is 10.3. The number of rotatable bonds is 3. The quantitative estimate of drug-likeness (QED) is 0.355. The van der Waals surface area contributed by atoms with Crippen molar-refractivity contribution >= 4 is 17.6 Å². The van der Waals surface area contributed by atoms with Gasteiger partial charge >= 0.3 is 0 Å². The summed E-state index contributed by atoms with van der Waals surface area (Å²) >= 11 is 1.35. The van der Waals surface area contributed by atoms with Crippen LogP contribution in [0.5, 0.6) is 0 Å². The van der Waals surface area contributed by atoms with Crippen molar-refractivity contribution in [1.82, 2.24) is 19.7 Å². The molecule has 8 heteroatoms. The Morgan fingerprint density at radius 2 is 2.35 bits per heavy atom. The van der Waals surface area contributed by atoms with Crippen LogP contribution in [-0.4, -0.2) is 30.8 Å². The standard InChI is InChI=1S/C9H10N6OS/c1-15-9(12-5-13-15)17-6-3-2-4-11-7(6)8(10)14-16/h2-5,16H,1H3,(H2,10,14). The lowest BCUT2D eigenvalue weighted by Gasteiger charge is -2.05. The molecule has 0 amide bonds. The zero-order valence-electron chi connectivity index (χ0n) is 8.98. The normalized spacial score (nSPS) is 11.7. The van der Waals surface area contributed by atoms with E-state index < -0.39 is 0 Å². The number of hydrogen-bond acceptors (Lipinski definition) is 6. The summed E-state index contributed by atoms with van der Waals surface area (Å²) in [6, 6.07) is 3.59. The van der Waals surface area contributed by atoms with E-state index in [9.17, 15) is 0 Å². The van der Waals surface area contributed by atoms with Crippen LogP contribution >= 0.6 is 11.8 Å². The first-order chi connectivity index (χ1) is 8.22. The first-order valence-electron chi connectivity index (χ1n) is 4.67. The molecule has 7 nitrogen and oxygen atoms in total. The molecular weight excluding hydrogens is 240 g/mol. The van der Waals surface area contributed by atoms with E-state index in [1.165, 1.54) is 18.1 Å². The van der Waals surface area contributed by atoms with Crippen LogP contribution in [-0.2, 0) is 7.05 Å². The minimum absolute atomic E-state index is 0.0322. The highest BCUT2D eigenvalue weighted by atomic mass is 32.2. The number of nitrogens with zero attached hydrogens (tertiary/aromatic N) is 5. The van der Waals surface area contributed by atoms with Crippen LogP contribution in [0.4, 0.5) is 0 Å². The monoisotopic (exact) mass is 250 g/mol. The molecule has 0 spiro atoms. The number of aryl methyl sites for hydroxylation is 1. The van der Waals surface area contributed by atoms with Crippen molar-refractivity contribution < 1.29 is 5.21 Å². The molecule has 3 N–H and O–H groups in total. The van der Waals surface area contributed by atoms with Crippen molar-refractivity contribution in [3.8, 4) is 0 Å². The van der Waals surface area contributed by atoms with E-state index >= 15 is 0 Å². The Hall–Kier alpha value is -2.09. The van der Waals surface area contributed by atoms with E-state index in [0.717, 1.165) is 4.90 Å². The zero-order chi connectivity index (χ0) is 12.3. The molecular formula is C9H10N6OS. The van der Waals surface area contributed by atoms with Gasteiger partial charge in [-0.25, -0.2) is 9.67 Å². The third-order valence-electron chi connectivity index (χ3n) is 1.99. The summed E-state index contributed by atoms with van der Waals surface area (Å²) < 4.78 is 1.63. The predicted molar refractivity (Wildman–Crippen MR) is 61.9 cm³/mol. The predicted octanol–water partition coefficient (Wildman–Crippen LogP) is 0.456. The number of amidine groups is 1. The van der Waals surface area contributed by atoms with Gasteiger partial charge in [0.15, 0.2) is 11.0 Å². The van der Waals surface area contributed by atoms with Gasteiger partial charge < -0.3 is 10.9 Å². The molecule has 0 saturated carbocycles. The van der Waals surface area contributed by atoms with Crippen molar-refractivity contribution in [2.75, 3.05) is 0 Å². The summed E-state index contributed by atoms with van der Waals surface area (Å²) in [6.45, 7) is 0. The van der Waals surface area contributed by atoms with Crippen LogP contribution in [0.25, 0.3) is 0 Å². The zero-order valence-corrected chi connectivity index (χ0v) is 9.79. The average Bonchev–Trinajstić information content (AvgIpc) is 2.75. The van der Waals surface area contributed by atoms with Gasteiger partial charge in [-0.15, -0.1) is 0 Å². The minimum atomic E-state index is -0.0322. The van der Waals surface area contributed by atoms with E-state index in [1.54, 1.807) is 24.0 Å². The van der Waals surface area contributed by atoms with Crippen LogP contribution in [0, 0.1) is 0 Å². The van der Waals surface area contributed by atoms with Crippen LogP contribution in [0.3, 0.4) is 0 Å². The van der Waals surface area contributed by atoms with E-state index in [4.69, 9.17) is 10.9 Å². The molecule has 0 aliphatic rings. The summed E-state index contributed by atoms with van der Waals surface area (Å²) in [7, 11) is 1.79. The smallest absolute Gasteiger partial charge is 0.190 e. The van der Waals surface area contributed by atoms with Crippen LogP contribution in [0.15, 0.2) is 39.9 Å². The Kier molecular flexibility index (Phi) is 3.24. The Morgan fingerprint density at radius 3 is 3.00 bits per heavy atom. The second kappa shape index (κ2) is 4.83. The molecule has 2 heterocycles. The first-order valence-corrected chi connectivity index (χ1v) is 5.48. The van der Waals surface area contributed by atoms with E-state index in [-0.39, 0.29) is 5.84 Å². The molecule has 0 atom stereocenters. The number of nitrogens with two attached hydrogens (primary N) is 1. The number of hydrogen-bond donors (Lipinski definition) is 2. The molecule has 88 valence electrons. The summed E-state index contributed by atoms with van der Waals surface area (Å²) in [6.07, 6.45) is 3.04. The Balaban J connectivity index is 2.36. The average molecular weight is 250 g/mol. The lowest BCUT2D eigenvalue weighted by molar-refractivity contribution is 0.318. The van der Waals surface area contributed by atoms with Gasteiger partial charge in [-0.05, 0) is 23.9 Å². The Bertz CT molecular complexity index is 552. The maximum atomic E-state index is 8.67. The van der Waals surface area contributed by atoms with Gasteiger partial charge in [-0.1, -0.05) is 5.16 Å². The van der Waals surface area contributed by atoms with Gasteiger partial charge in [0.25, 0.3) is 0 Å². The fourth-order valence-electron chi connectivity index (χ4n) is 1.19. The van der Waals surface area contributed by atoms with Gasteiger partial charge in [0.05, 0.1) is 0 Å². The highest BCUT2D eigenvalue weighted by molar-refractivity contribution is 7.99. The first kappa shape index (κ1) is 11.4. The maximum Gasteiger partial charge on any atom is 0.190 e. The molecule has 0 aliphatic carbocycles. The van der Waals surface area contributed by atoms with Crippen molar-refractivity contribution in [2.24, 2.45) is 17.9 Å². The van der Waals surface area contributed by atoms with Crippen molar-refractivity contribution in [3.63, 3.8) is 0 Å². The second-order valence-electron chi connectivity index (χ2n) is 3.10. The largest absolute Gasteiger partial charge is 0.409 e. The fourth-order valence-corrected chi connectivity index (χ4v) is 2.07. The van der Waals surface area contributed by atoms with Gasteiger partial charge in [-0.2, -0.15) is 5.10 Å². The van der Waals surface area contributed by atoms with E-state index in [1.807, 2.05) is 6.07 Å². The van der Waals surface area contributed by atoms with E-state index in [2.05, 4.69) is 20.2 Å². The van der Waals surface area contributed by atoms with Gasteiger partial charge in [0.1, 0.15) is 12.0 Å². The molecule has 0 saturated heterocycles. The SMILES string of the molecule is Cn1ncnc1Sc1cccnc1/C(N)=N/O. The molecule has 0 fully saturated rings. The van der Waals surface area contributed by atoms with Crippen molar-refractivity contribution in [1.29, 1.82) is 0 Å². The molecule has 0 unspecified atom stereocenters. The van der Waals surface area contributed by atoms with Crippen LogP contribution in [0.1, 0.15) is 5.69 Å². The van der Waals surface area contributed by atoms with Crippen molar-refractivity contribution in [2.45, 2.75) is 10.1 Å². The lowest BCUT2D eigenvalue weighted by Crippen LogP contribution is -2.16. The molecule has 2 aromatic heterocycles. The molecule has 0 bridgehead atoms. The van der Waals surface area contributed by atoms with E-state index in [0.29, 0.717) is 10.9 Å². The van der Waals surface area contributed by atoms with Gasteiger partial charge in [-0.3, -0.25) is 4.98 Å².